The summed E-state index contributed by atoms with van der Waals surface area (Å²) in [5.41, 5.74) is 2.85. The zero-order valence-electron chi connectivity index (χ0n) is 10.8. The molecule has 1 aromatic rings. The van der Waals surface area contributed by atoms with Gasteiger partial charge in [0.1, 0.15) is 0 Å². The largest absolute Gasteiger partial charge is 0.356 e. The van der Waals surface area contributed by atoms with Gasteiger partial charge in [0.15, 0.2) is 0 Å². The van der Waals surface area contributed by atoms with E-state index in [-0.39, 0.29) is 5.91 Å². The van der Waals surface area contributed by atoms with Gasteiger partial charge < -0.3 is 5.32 Å². The van der Waals surface area contributed by atoms with Crippen LogP contribution in [0.25, 0.3) is 0 Å². The lowest BCUT2D eigenvalue weighted by Gasteiger charge is -2.12. The number of nitrogens with one attached hydrogen (secondary N) is 1. The number of carbonyl (C=O) groups is 1. The number of rotatable bonds is 6. The van der Waals surface area contributed by atoms with Crippen LogP contribution in [0.5, 0.6) is 0 Å². The lowest BCUT2D eigenvalue weighted by molar-refractivity contribution is -0.121. The molecule has 1 aliphatic carbocycles. The number of carbonyl (C=O) groups excluding carboxylic acids is 1. The fourth-order valence-corrected chi connectivity index (χ4v) is 2.68. The highest BCUT2D eigenvalue weighted by atomic mass is 79.9. The first-order valence-corrected chi connectivity index (χ1v) is 7.64. The second kappa shape index (κ2) is 5.87. The molecule has 1 saturated carbocycles. The molecule has 1 amide bonds. The van der Waals surface area contributed by atoms with Gasteiger partial charge in [0.2, 0.25) is 5.91 Å². The second-order valence-electron chi connectivity index (χ2n) is 5.40. The highest BCUT2D eigenvalue weighted by Crippen LogP contribution is 2.46. The van der Waals surface area contributed by atoms with Gasteiger partial charge in [-0.05, 0) is 37.2 Å². The Morgan fingerprint density at radius 2 is 2.00 bits per heavy atom. The summed E-state index contributed by atoms with van der Waals surface area (Å²) in [6.45, 7) is 2.90. The van der Waals surface area contributed by atoms with E-state index in [0.29, 0.717) is 11.8 Å². The van der Waals surface area contributed by atoms with Gasteiger partial charge in [-0.1, -0.05) is 45.8 Å². The average molecular weight is 310 g/mol. The number of hydrogen-bond donors (Lipinski definition) is 1. The summed E-state index contributed by atoms with van der Waals surface area (Å²) in [5, 5.41) is 4.05. The molecule has 1 fully saturated rings. The van der Waals surface area contributed by atoms with E-state index in [0.717, 1.165) is 18.3 Å². The fraction of sp³-hybridized carbons (Fsp3) is 0.533. The van der Waals surface area contributed by atoms with Crippen LogP contribution in [0, 0.1) is 12.3 Å². The Bertz CT molecular complexity index is 409. The number of benzene rings is 1. The minimum Gasteiger partial charge on any atom is -0.356 e. The van der Waals surface area contributed by atoms with Gasteiger partial charge in [-0.3, -0.25) is 4.79 Å². The van der Waals surface area contributed by atoms with E-state index >= 15 is 0 Å². The van der Waals surface area contributed by atoms with Crippen molar-refractivity contribution in [3.63, 3.8) is 0 Å². The van der Waals surface area contributed by atoms with Crippen LogP contribution in [0.3, 0.4) is 0 Å². The Labute approximate surface area is 117 Å². The molecule has 0 unspecified atom stereocenters. The first-order chi connectivity index (χ1) is 8.63. The minimum atomic E-state index is 0.169. The van der Waals surface area contributed by atoms with E-state index in [1.807, 2.05) is 0 Å². The second-order valence-corrected chi connectivity index (χ2v) is 5.96. The monoisotopic (exact) mass is 309 g/mol. The third kappa shape index (κ3) is 3.84. The van der Waals surface area contributed by atoms with Crippen LogP contribution in [0.2, 0.25) is 0 Å². The van der Waals surface area contributed by atoms with Crippen molar-refractivity contribution in [3.8, 4) is 0 Å². The van der Waals surface area contributed by atoms with Gasteiger partial charge in [0.05, 0.1) is 0 Å². The van der Waals surface area contributed by atoms with Crippen LogP contribution in [-0.2, 0) is 11.2 Å². The van der Waals surface area contributed by atoms with E-state index in [4.69, 9.17) is 0 Å². The van der Waals surface area contributed by atoms with Crippen LogP contribution in [0.15, 0.2) is 24.3 Å². The van der Waals surface area contributed by atoms with Crippen LogP contribution in [0.4, 0.5) is 0 Å². The highest BCUT2D eigenvalue weighted by molar-refractivity contribution is 9.09. The molecule has 1 N–H and O–H groups in total. The SMILES string of the molecule is Cc1ccc(CCC(=O)NCC2(CBr)CC2)cc1. The highest BCUT2D eigenvalue weighted by Gasteiger charge is 2.41. The van der Waals surface area contributed by atoms with Crippen molar-refractivity contribution in [2.75, 3.05) is 11.9 Å². The fourth-order valence-electron chi connectivity index (χ4n) is 1.92. The molecule has 0 atom stereocenters. The average Bonchev–Trinajstić information content (AvgIpc) is 3.16. The van der Waals surface area contributed by atoms with E-state index < -0.39 is 0 Å². The summed E-state index contributed by atoms with van der Waals surface area (Å²) in [6, 6.07) is 8.39. The quantitative estimate of drug-likeness (QED) is 0.803. The molecule has 0 aromatic heterocycles. The maximum absolute atomic E-state index is 11.7. The number of hydrogen-bond acceptors (Lipinski definition) is 1. The molecule has 98 valence electrons. The predicted molar refractivity (Wildman–Crippen MR) is 78.0 cm³/mol. The van der Waals surface area contributed by atoms with E-state index in [1.54, 1.807) is 0 Å². The Morgan fingerprint density at radius 3 is 2.56 bits per heavy atom. The van der Waals surface area contributed by atoms with E-state index in [9.17, 15) is 4.79 Å². The lowest BCUT2D eigenvalue weighted by Crippen LogP contribution is -2.31. The van der Waals surface area contributed by atoms with Crippen LogP contribution in [-0.4, -0.2) is 17.8 Å². The Kier molecular flexibility index (Phi) is 4.44. The Morgan fingerprint density at radius 1 is 1.33 bits per heavy atom. The molecule has 0 bridgehead atoms. The first kappa shape index (κ1) is 13.6. The molecular weight excluding hydrogens is 290 g/mol. The molecule has 1 aliphatic rings. The molecule has 0 radical (unpaired) electrons. The van der Waals surface area contributed by atoms with Gasteiger partial charge in [0.25, 0.3) is 0 Å². The molecular formula is C15H20BrNO. The number of amides is 1. The molecule has 0 heterocycles. The number of alkyl halides is 1. The maximum atomic E-state index is 11.7. The molecule has 0 spiro atoms. The summed E-state index contributed by atoms with van der Waals surface area (Å²) in [4.78, 5) is 11.7. The summed E-state index contributed by atoms with van der Waals surface area (Å²) in [5.74, 6) is 0.169. The topological polar surface area (TPSA) is 29.1 Å². The van der Waals surface area contributed by atoms with Crippen molar-refractivity contribution in [1.82, 2.24) is 5.32 Å². The third-order valence-electron chi connectivity index (χ3n) is 3.66. The standard InChI is InChI=1S/C15H20BrNO/c1-12-2-4-13(5-3-12)6-7-14(18)17-11-15(10-16)8-9-15/h2-5H,6-11H2,1H3,(H,17,18). The minimum absolute atomic E-state index is 0.169. The lowest BCUT2D eigenvalue weighted by atomic mass is 10.1. The summed E-state index contributed by atoms with van der Waals surface area (Å²) >= 11 is 3.51. The third-order valence-corrected chi connectivity index (χ3v) is 4.85. The summed E-state index contributed by atoms with van der Waals surface area (Å²) in [7, 11) is 0. The van der Waals surface area contributed by atoms with Gasteiger partial charge in [-0.15, -0.1) is 0 Å². The maximum Gasteiger partial charge on any atom is 0.220 e. The van der Waals surface area contributed by atoms with Crippen molar-refractivity contribution in [2.45, 2.75) is 32.6 Å². The summed E-state index contributed by atoms with van der Waals surface area (Å²) in [6.07, 6.45) is 3.88. The zero-order valence-corrected chi connectivity index (χ0v) is 12.4. The number of aryl methyl sites for hydroxylation is 2. The zero-order chi connectivity index (χ0) is 13.0. The van der Waals surface area contributed by atoms with Crippen molar-refractivity contribution in [1.29, 1.82) is 0 Å². The number of halogens is 1. The molecule has 2 rings (SSSR count). The van der Waals surface area contributed by atoms with Crippen LogP contribution < -0.4 is 5.32 Å². The van der Waals surface area contributed by atoms with Crippen LogP contribution in [0.1, 0.15) is 30.4 Å². The predicted octanol–water partition coefficient (Wildman–Crippen LogP) is 3.22. The molecule has 0 aliphatic heterocycles. The van der Waals surface area contributed by atoms with Gasteiger partial charge in [0, 0.05) is 18.3 Å². The molecule has 0 saturated heterocycles. The molecule has 18 heavy (non-hydrogen) atoms. The first-order valence-electron chi connectivity index (χ1n) is 6.52. The molecule has 3 heteroatoms. The molecule has 1 aromatic carbocycles. The van der Waals surface area contributed by atoms with Gasteiger partial charge in [-0.2, -0.15) is 0 Å². The van der Waals surface area contributed by atoms with Gasteiger partial charge >= 0.3 is 0 Å². The smallest absolute Gasteiger partial charge is 0.220 e. The van der Waals surface area contributed by atoms with Crippen LogP contribution >= 0.6 is 15.9 Å². The van der Waals surface area contributed by atoms with Crippen molar-refractivity contribution in [3.05, 3.63) is 35.4 Å². The Balaban J connectivity index is 1.70. The van der Waals surface area contributed by atoms with Crippen molar-refractivity contribution >= 4 is 21.8 Å². The molecule has 2 nitrogen and oxygen atoms in total. The Hall–Kier alpha value is -0.830. The summed E-state index contributed by atoms with van der Waals surface area (Å²) < 4.78 is 0. The van der Waals surface area contributed by atoms with Crippen molar-refractivity contribution < 1.29 is 4.79 Å². The van der Waals surface area contributed by atoms with E-state index in [2.05, 4.69) is 52.4 Å². The normalized spacial score (nSPS) is 16.3. The van der Waals surface area contributed by atoms with Gasteiger partial charge in [-0.25, -0.2) is 0 Å². The van der Waals surface area contributed by atoms with E-state index in [1.165, 1.54) is 24.0 Å². The van der Waals surface area contributed by atoms with Crippen molar-refractivity contribution in [2.24, 2.45) is 5.41 Å².